The molecular formula is C19H22FN5. The molecule has 0 aliphatic heterocycles. The number of hydrogen-bond donors (Lipinski definition) is 2. The number of aromatic nitrogens is 2. The first-order valence-electron chi connectivity index (χ1n) is 8.28. The Labute approximate surface area is 146 Å². The lowest BCUT2D eigenvalue weighted by Gasteiger charge is -2.11. The molecule has 0 radical (unpaired) electrons. The molecule has 3 aromatic rings. The van der Waals surface area contributed by atoms with Gasteiger partial charge in [0.2, 0.25) is 0 Å². The third kappa shape index (κ3) is 4.35. The summed E-state index contributed by atoms with van der Waals surface area (Å²) >= 11 is 0. The van der Waals surface area contributed by atoms with Gasteiger partial charge in [0.05, 0.1) is 5.69 Å². The molecule has 130 valence electrons. The van der Waals surface area contributed by atoms with Crippen molar-refractivity contribution in [1.82, 2.24) is 20.0 Å². The van der Waals surface area contributed by atoms with Crippen LogP contribution in [0.2, 0.25) is 0 Å². The Morgan fingerprint density at radius 3 is 2.88 bits per heavy atom. The number of imidazole rings is 1. The highest BCUT2D eigenvalue weighted by Gasteiger charge is 2.03. The van der Waals surface area contributed by atoms with Crippen LogP contribution in [0, 0.1) is 12.7 Å². The van der Waals surface area contributed by atoms with Gasteiger partial charge in [0, 0.05) is 39.0 Å². The molecule has 25 heavy (non-hydrogen) atoms. The van der Waals surface area contributed by atoms with Crippen LogP contribution in [-0.4, -0.2) is 28.9 Å². The fourth-order valence-corrected chi connectivity index (χ4v) is 2.57. The number of hydrogen-bond acceptors (Lipinski definition) is 2. The predicted octanol–water partition coefficient (Wildman–Crippen LogP) is 2.69. The summed E-state index contributed by atoms with van der Waals surface area (Å²) in [6, 6.07) is 11.2. The fraction of sp³-hybridized carbons (Fsp3) is 0.263. The Kier molecular flexibility index (Phi) is 5.28. The molecule has 3 rings (SSSR count). The van der Waals surface area contributed by atoms with Crippen LogP contribution in [0.3, 0.4) is 0 Å². The second kappa shape index (κ2) is 7.79. The third-order valence-electron chi connectivity index (χ3n) is 4.01. The van der Waals surface area contributed by atoms with E-state index in [2.05, 4.69) is 20.6 Å². The summed E-state index contributed by atoms with van der Waals surface area (Å²) in [7, 11) is 1.72. The van der Waals surface area contributed by atoms with Crippen molar-refractivity contribution in [1.29, 1.82) is 0 Å². The monoisotopic (exact) mass is 339 g/mol. The zero-order valence-electron chi connectivity index (χ0n) is 14.5. The number of fused-ring (bicyclic) bond motifs is 1. The molecule has 5 nitrogen and oxygen atoms in total. The second-order valence-corrected chi connectivity index (χ2v) is 5.88. The van der Waals surface area contributed by atoms with Crippen LogP contribution in [0.4, 0.5) is 4.39 Å². The molecule has 0 bridgehead atoms. The molecule has 0 aliphatic carbocycles. The number of guanidine groups is 1. The van der Waals surface area contributed by atoms with Crippen LogP contribution in [-0.2, 0) is 13.0 Å². The lowest BCUT2D eigenvalue weighted by atomic mass is 10.1. The van der Waals surface area contributed by atoms with Crippen molar-refractivity contribution >= 4 is 11.6 Å². The Morgan fingerprint density at radius 1 is 1.24 bits per heavy atom. The van der Waals surface area contributed by atoms with Crippen molar-refractivity contribution in [3.63, 3.8) is 0 Å². The van der Waals surface area contributed by atoms with Crippen molar-refractivity contribution < 1.29 is 4.39 Å². The zero-order chi connectivity index (χ0) is 17.6. The van der Waals surface area contributed by atoms with Gasteiger partial charge in [-0.05, 0) is 36.2 Å². The number of nitrogens with one attached hydrogen (secondary N) is 2. The van der Waals surface area contributed by atoms with Crippen LogP contribution in [0.25, 0.3) is 5.65 Å². The molecule has 0 fully saturated rings. The number of nitrogens with zero attached hydrogens (tertiary/aromatic N) is 3. The predicted molar refractivity (Wildman–Crippen MR) is 98.2 cm³/mol. The topological polar surface area (TPSA) is 53.7 Å². The minimum Gasteiger partial charge on any atom is -0.356 e. The first-order chi connectivity index (χ1) is 12.2. The van der Waals surface area contributed by atoms with Gasteiger partial charge >= 0.3 is 0 Å². The minimum atomic E-state index is -0.186. The van der Waals surface area contributed by atoms with Crippen molar-refractivity contribution in [2.45, 2.75) is 19.9 Å². The Bertz CT molecular complexity index is 851. The molecule has 1 aromatic carbocycles. The number of halogens is 1. The van der Waals surface area contributed by atoms with Gasteiger partial charge in [-0.2, -0.15) is 0 Å². The number of rotatable bonds is 5. The summed E-state index contributed by atoms with van der Waals surface area (Å²) in [5, 5.41) is 6.45. The van der Waals surface area contributed by atoms with Gasteiger partial charge in [0.25, 0.3) is 0 Å². The van der Waals surface area contributed by atoms with Crippen molar-refractivity contribution in [2.24, 2.45) is 4.99 Å². The maximum atomic E-state index is 13.6. The lowest BCUT2D eigenvalue weighted by molar-refractivity contribution is 0.615. The SMILES string of the molecule is CN=C(NCCc1cn2ccccc2n1)NCc1ccc(C)c(F)c1. The molecule has 2 N–H and O–H groups in total. The fourth-order valence-electron chi connectivity index (χ4n) is 2.57. The number of aliphatic imine (C=N–C) groups is 1. The Morgan fingerprint density at radius 2 is 2.12 bits per heavy atom. The molecule has 0 aliphatic rings. The van der Waals surface area contributed by atoms with Crippen LogP contribution >= 0.6 is 0 Å². The summed E-state index contributed by atoms with van der Waals surface area (Å²) in [5.41, 5.74) is 3.50. The van der Waals surface area contributed by atoms with E-state index in [1.807, 2.05) is 41.1 Å². The standard InChI is InChI=1S/C19H22FN5/c1-14-6-7-15(11-17(14)20)12-23-19(21-2)22-9-8-16-13-25-10-4-3-5-18(25)24-16/h3-7,10-11,13H,8-9,12H2,1-2H3,(H2,21,22,23). The maximum Gasteiger partial charge on any atom is 0.191 e. The molecule has 6 heteroatoms. The summed E-state index contributed by atoms with van der Waals surface area (Å²) in [6.07, 6.45) is 4.81. The largest absolute Gasteiger partial charge is 0.356 e. The van der Waals surface area contributed by atoms with Crippen LogP contribution in [0.15, 0.2) is 53.8 Å². The molecule has 0 saturated carbocycles. The third-order valence-corrected chi connectivity index (χ3v) is 4.01. The average molecular weight is 339 g/mol. The van der Waals surface area contributed by atoms with E-state index < -0.39 is 0 Å². The van der Waals surface area contributed by atoms with Crippen molar-refractivity contribution in [3.05, 3.63) is 71.4 Å². The van der Waals surface area contributed by atoms with E-state index >= 15 is 0 Å². The first-order valence-corrected chi connectivity index (χ1v) is 8.28. The van der Waals surface area contributed by atoms with Gasteiger partial charge in [0.1, 0.15) is 11.5 Å². The summed E-state index contributed by atoms with van der Waals surface area (Å²) in [6.45, 7) is 2.99. The van der Waals surface area contributed by atoms with Gasteiger partial charge in [-0.3, -0.25) is 4.99 Å². The Hall–Kier alpha value is -2.89. The van der Waals surface area contributed by atoms with Crippen molar-refractivity contribution in [3.8, 4) is 0 Å². The van der Waals surface area contributed by atoms with Gasteiger partial charge in [0.15, 0.2) is 5.96 Å². The molecule has 0 saturated heterocycles. The molecule has 0 unspecified atom stereocenters. The summed E-state index contributed by atoms with van der Waals surface area (Å²) in [4.78, 5) is 8.76. The van der Waals surface area contributed by atoms with Crippen LogP contribution in [0.5, 0.6) is 0 Å². The van der Waals surface area contributed by atoms with E-state index in [4.69, 9.17) is 0 Å². The highest BCUT2D eigenvalue weighted by Crippen LogP contribution is 2.09. The van der Waals surface area contributed by atoms with Crippen molar-refractivity contribution in [2.75, 3.05) is 13.6 Å². The van der Waals surface area contributed by atoms with Gasteiger partial charge in [-0.1, -0.05) is 18.2 Å². The lowest BCUT2D eigenvalue weighted by Crippen LogP contribution is -2.37. The van der Waals surface area contributed by atoms with Gasteiger partial charge in [-0.15, -0.1) is 0 Å². The van der Waals surface area contributed by atoms with E-state index in [0.29, 0.717) is 24.6 Å². The van der Waals surface area contributed by atoms with Crippen LogP contribution < -0.4 is 10.6 Å². The van der Waals surface area contributed by atoms with E-state index in [9.17, 15) is 4.39 Å². The molecular weight excluding hydrogens is 317 g/mol. The molecule has 2 aromatic heterocycles. The van der Waals surface area contributed by atoms with Gasteiger partial charge < -0.3 is 15.0 Å². The molecule has 0 atom stereocenters. The zero-order valence-corrected chi connectivity index (χ0v) is 14.5. The van der Waals surface area contributed by atoms with Crippen LogP contribution in [0.1, 0.15) is 16.8 Å². The highest BCUT2D eigenvalue weighted by atomic mass is 19.1. The molecule has 0 spiro atoms. The second-order valence-electron chi connectivity index (χ2n) is 5.88. The quantitative estimate of drug-likeness (QED) is 0.555. The van der Waals surface area contributed by atoms with E-state index in [1.54, 1.807) is 26.1 Å². The number of aryl methyl sites for hydroxylation is 1. The Balaban J connectivity index is 1.49. The van der Waals surface area contributed by atoms with E-state index in [0.717, 1.165) is 23.3 Å². The molecule has 0 amide bonds. The number of pyridine rings is 1. The normalized spacial score (nSPS) is 11.7. The smallest absolute Gasteiger partial charge is 0.191 e. The summed E-state index contributed by atoms with van der Waals surface area (Å²) < 4.78 is 15.6. The number of benzene rings is 1. The molecule has 2 heterocycles. The highest BCUT2D eigenvalue weighted by molar-refractivity contribution is 5.79. The summed E-state index contributed by atoms with van der Waals surface area (Å²) in [5.74, 6) is 0.499. The van der Waals surface area contributed by atoms with E-state index in [-0.39, 0.29) is 5.82 Å². The van der Waals surface area contributed by atoms with E-state index in [1.165, 1.54) is 0 Å². The minimum absolute atomic E-state index is 0.186. The maximum absolute atomic E-state index is 13.6. The average Bonchev–Trinajstić information content (AvgIpc) is 3.03. The van der Waals surface area contributed by atoms with Gasteiger partial charge in [-0.25, -0.2) is 9.37 Å². The first kappa shape index (κ1) is 17.0.